The largest absolute Gasteiger partial charge is 0.494 e. The van der Waals surface area contributed by atoms with Gasteiger partial charge in [-0.2, -0.15) is 15.0 Å². The second-order valence-electron chi connectivity index (χ2n) is 24.1. The Morgan fingerprint density at radius 3 is 1.27 bits per heavy atom. The Balaban J connectivity index is 0.000000133. The van der Waals surface area contributed by atoms with Gasteiger partial charge in [-0.1, -0.05) is 18.2 Å². The molecule has 30 heteroatoms. The van der Waals surface area contributed by atoms with Gasteiger partial charge in [-0.25, -0.2) is 32.5 Å². The van der Waals surface area contributed by atoms with Crippen LogP contribution in [0, 0.1) is 23.3 Å². The minimum absolute atomic E-state index is 0.0123. The van der Waals surface area contributed by atoms with E-state index in [4.69, 9.17) is 55.1 Å². The van der Waals surface area contributed by atoms with Crippen molar-refractivity contribution >= 4 is 85.7 Å². The Bertz CT molecular complexity index is 4560. The van der Waals surface area contributed by atoms with E-state index in [0.717, 1.165) is 23.3 Å². The van der Waals surface area contributed by atoms with E-state index in [0.29, 0.717) is 183 Å². The molecule has 0 spiro atoms. The van der Waals surface area contributed by atoms with Crippen molar-refractivity contribution in [2.75, 3.05) is 145 Å². The van der Waals surface area contributed by atoms with Gasteiger partial charge in [0.25, 0.3) is 17.7 Å². The summed E-state index contributed by atoms with van der Waals surface area (Å²) in [5, 5.41) is 1.53. The molecule has 0 saturated carbocycles. The van der Waals surface area contributed by atoms with Crippen LogP contribution < -0.4 is 69.8 Å². The number of nitrogen functional groups attached to an aromatic ring is 3. The third-order valence-electron chi connectivity index (χ3n) is 18.1. The Kier molecular flexibility index (Phi) is 19.0. The highest BCUT2D eigenvalue weighted by Gasteiger charge is 2.37. The van der Waals surface area contributed by atoms with Gasteiger partial charge in [-0.05, 0) is 91.4 Å². The van der Waals surface area contributed by atoms with Crippen LogP contribution in [0.2, 0.25) is 0 Å². The molecule has 6 aromatic carbocycles. The van der Waals surface area contributed by atoms with Crippen LogP contribution in [0.4, 0.5) is 52.9 Å². The second kappa shape index (κ2) is 28.4. The van der Waals surface area contributed by atoms with Crippen LogP contribution in [0.15, 0.2) is 97.1 Å². The minimum atomic E-state index is -0.778. The number of piperazine rings is 3. The number of aromatic nitrogens is 6. The van der Waals surface area contributed by atoms with Crippen molar-refractivity contribution in [3.63, 3.8) is 0 Å². The molecular weight excluding hydrogens is 1290 g/mol. The highest BCUT2D eigenvalue weighted by atomic mass is 19.1. The van der Waals surface area contributed by atoms with Crippen molar-refractivity contribution < 1.29 is 69.8 Å². The van der Waals surface area contributed by atoms with Crippen molar-refractivity contribution in [3.05, 3.63) is 131 Å². The maximum Gasteiger partial charge on any atom is 0.267 e. The number of benzene rings is 6. The highest BCUT2D eigenvalue weighted by molar-refractivity contribution is 5.93. The molecule has 26 nitrogen and oxygen atoms in total. The summed E-state index contributed by atoms with van der Waals surface area (Å²) in [5.74, 6) is 3.37. The van der Waals surface area contributed by atoms with Crippen LogP contribution in [0.25, 0.3) is 32.7 Å². The summed E-state index contributed by atoms with van der Waals surface area (Å²) in [7, 11) is 5.90. The molecule has 99 heavy (non-hydrogen) atoms. The number of anilines is 6. The highest BCUT2D eigenvalue weighted by Crippen LogP contribution is 2.38. The molecule has 3 fully saturated rings. The van der Waals surface area contributed by atoms with E-state index in [9.17, 15) is 31.9 Å². The summed E-state index contributed by atoms with van der Waals surface area (Å²) >= 11 is 0. The fourth-order valence-electron chi connectivity index (χ4n) is 12.7. The summed E-state index contributed by atoms with van der Waals surface area (Å²) < 4.78 is 98.7. The van der Waals surface area contributed by atoms with Crippen LogP contribution >= 0.6 is 0 Å². The molecule has 3 atom stereocenters. The molecule has 15 rings (SSSR count). The van der Waals surface area contributed by atoms with Crippen LogP contribution in [-0.2, 0) is 27.2 Å². The maximum atomic E-state index is 14.0. The molecule has 9 aromatic rings. The zero-order valence-corrected chi connectivity index (χ0v) is 54.6. The first-order valence-electron chi connectivity index (χ1n) is 32.1. The van der Waals surface area contributed by atoms with E-state index in [1.54, 1.807) is 42.2 Å². The molecule has 0 aliphatic carbocycles. The van der Waals surface area contributed by atoms with Gasteiger partial charge < -0.3 is 84.5 Å². The molecule has 0 bridgehead atoms. The van der Waals surface area contributed by atoms with Gasteiger partial charge in [0.1, 0.15) is 47.2 Å². The Morgan fingerprint density at radius 2 is 0.798 bits per heavy atom. The molecule has 516 valence electrons. The number of nitrogens with zero attached hydrogens (tertiary/aromatic N) is 12. The van der Waals surface area contributed by atoms with Gasteiger partial charge in [0.05, 0.1) is 45.0 Å². The molecule has 3 amide bonds. The SMILES string of the molecule is COc1cc2nc(N3CCN(C(=O)C4CCc5cc(F)ccc5O4)CC3)nc(N)c2cc1F.COc1cc2nc(N3CCN(C(=O)C4CCc5ccccc5O4)CC3)nc(N)c2cc1F.COc1cc2nc(N3CCN(C(=O)C4COc5cc(F)ccc5O4)CC3)nc(N)c2cc1OC. The second-order valence-corrected chi connectivity index (χ2v) is 24.1. The number of aryl methyl sites for hydroxylation is 2. The normalized spacial score (nSPS) is 18.0. The fourth-order valence-corrected chi connectivity index (χ4v) is 12.7. The molecule has 6 aliphatic heterocycles. The molecular formula is C69H71F4N15O11. The first kappa shape index (κ1) is 66.3. The number of nitrogens with two attached hydrogens (primary N) is 3. The minimum Gasteiger partial charge on any atom is -0.494 e. The van der Waals surface area contributed by atoms with Gasteiger partial charge >= 0.3 is 0 Å². The van der Waals surface area contributed by atoms with Gasteiger partial charge in [-0.15, -0.1) is 0 Å². The van der Waals surface area contributed by atoms with Gasteiger partial charge in [0.15, 0.2) is 58.3 Å². The number of methoxy groups -OCH3 is 4. The van der Waals surface area contributed by atoms with Crippen molar-refractivity contribution in [2.45, 2.75) is 44.0 Å². The van der Waals surface area contributed by atoms with Crippen LogP contribution in [0.5, 0.6) is 46.0 Å². The number of fused-ring (bicyclic) bond motifs is 6. The molecule has 3 saturated heterocycles. The lowest BCUT2D eigenvalue weighted by atomic mass is 10.0. The first-order chi connectivity index (χ1) is 47.9. The Labute approximate surface area is 565 Å². The summed E-state index contributed by atoms with van der Waals surface area (Å²) in [6.45, 7) is 6.20. The number of rotatable bonds is 10. The van der Waals surface area contributed by atoms with Crippen molar-refractivity contribution in [1.82, 2.24) is 44.6 Å². The molecule has 6 N–H and O–H groups in total. The number of ether oxygens (including phenoxy) is 8. The Morgan fingerprint density at radius 1 is 0.414 bits per heavy atom. The molecule has 6 aliphatic rings. The van der Waals surface area contributed by atoms with Crippen LogP contribution in [0.1, 0.15) is 24.0 Å². The molecule has 0 radical (unpaired) electrons. The molecule has 3 unspecified atom stereocenters. The van der Waals surface area contributed by atoms with E-state index >= 15 is 0 Å². The predicted molar refractivity (Wildman–Crippen MR) is 359 cm³/mol. The van der Waals surface area contributed by atoms with E-state index in [-0.39, 0.29) is 53.3 Å². The van der Waals surface area contributed by atoms with Crippen molar-refractivity contribution in [1.29, 1.82) is 0 Å². The quantitative estimate of drug-likeness (QED) is 0.119. The monoisotopic (exact) mass is 1360 g/mol. The lowest BCUT2D eigenvalue weighted by molar-refractivity contribution is -0.141. The zero-order valence-electron chi connectivity index (χ0n) is 54.6. The fraction of sp³-hybridized carbons (Fsp3) is 0.348. The Hall–Kier alpha value is -11.3. The molecule has 9 heterocycles. The van der Waals surface area contributed by atoms with Gasteiger partial charge in [0, 0.05) is 119 Å². The van der Waals surface area contributed by atoms with Crippen molar-refractivity contribution in [3.8, 4) is 46.0 Å². The summed E-state index contributed by atoms with van der Waals surface area (Å²) in [4.78, 5) is 77.1. The van der Waals surface area contributed by atoms with Crippen LogP contribution in [-0.4, -0.2) is 194 Å². The standard InChI is InChI=1S/C23H23F2N5O3.C23H24FN5O5.C23H24FN5O3/c1-32-20-12-17-15(11-16(20)25)21(26)28-23(27-17)30-8-6-29(7-9-30)22(31)19-4-2-13-10-14(24)3-5-18(13)33-19;1-31-17-10-14-15(11-18(17)32-2)26-23(27-21(14)25)29-7-5-28(6-8-29)22(30)20-12-33-19-9-13(24)3-4-16(19)34-20;1-31-20-13-17-15(12-16(20)24)21(25)27-23(26-17)29-10-8-28(9-11-29)22(30)19-7-6-14-4-2-3-5-18(14)32-19/h3,5,10-12,19H,2,4,6-9H2,1H3,(H2,26,27,28);3-4,9-11,20H,5-8,12H2,1-2H3,(H2,25,26,27);2-5,12-13,19H,6-11H2,1H3,(H2,25,26,27). The number of hydrogen-bond acceptors (Lipinski definition) is 23. The first-order valence-corrected chi connectivity index (χ1v) is 32.1. The summed E-state index contributed by atoms with van der Waals surface area (Å²) in [6, 6.07) is 25.3. The average Bonchev–Trinajstić information content (AvgIpc) is 0.793. The number of halogens is 4. The predicted octanol–water partition coefficient (Wildman–Crippen LogP) is 6.80. The summed E-state index contributed by atoms with van der Waals surface area (Å²) in [6.07, 6.45) is 0.811. The lowest BCUT2D eigenvalue weighted by Gasteiger charge is -2.37. The van der Waals surface area contributed by atoms with E-state index in [1.807, 2.05) is 43.9 Å². The summed E-state index contributed by atoms with van der Waals surface area (Å²) in [5.41, 5.74) is 21.9. The van der Waals surface area contributed by atoms with Gasteiger partial charge in [0.2, 0.25) is 23.9 Å². The third kappa shape index (κ3) is 14.0. The lowest BCUT2D eigenvalue weighted by Crippen LogP contribution is -2.54. The van der Waals surface area contributed by atoms with E-state index in [2.05, 4.69) is 29.9 Å². The zero-order chi connectivity index (χ0) is 69.2. The average molecular weight is 1360 g/mol. The maximum absolute atomic E-state index is 14.0. The number of carbonyl (C=O) groups excluding carboxylic acids is 3. The molecule has 3 aromatic heterocycles. The van der Waals surface area contributed by atoms with Crippen molar-refractivity contribution in [2.24, 2.45) is 0 Å². The third-order valence-corrected chi connectivity index (χ3v) is 18.1. The number of carbonyl (C=O) groups is 3. The van der Waals surface area contributed by atoms with E-state index < -0.39 is 35.8 Å². The smallest absolute Gasteiger partial charge is 0.267 e. The van der Waals surface area contributed by atoms with Gasteiger partial charge in [-0.3, -0.25) is 14.4 Å². The number of para-hydroxylation sites is 1. The topological polar surface area (TPSA) is 300 Å². The number of amides is 3. The number of hydrogen-bond donors (Lipinski definition) is 3. The van der Waals surface area contributed by atoms with Crippen LogP contribution in [0.3, 0.4) is 0 Å². The van der Waals surface area contributed by atoms with E-state index in [1.165, 1.54) is 68.8 Å².